The molecule has 0 aliphatic rings. The van der Waals surface area contributed by atoms with Crippen LogP contribution in [0, 0.1) is 0 Å². The first-order valence-electron chi connectivity index (χ1n) is 8.11. The van der Waals surface area contributed by atoms with E-state index in [2.05, 4.69) is 39.7 Å². The van der Waals surface area contributed by atoms with Gasteiger partial charge in [0, 0.05) is 23.1 Å². The summed E-state index contributed by atoms with van der Waals surface area (Å²) in [6.07, 6.45) is 3.17. The summed E-state index contributed by atoms with van der Waals surface area (Å²) in [6, 6.07) is 11.8. The Morgan fingerprint density at radius 2 is 1.92 bits per heavy atom. The van der Waals surface area contributed by atoms with Crippen LogP contribution in [-0.4, -0.2) is 27.1 Å². The summed E-state index contributed by atoms with van der Waals surface area (Å²) in [5.74, 6) is 1.05. The molecule has 0 fully saturated rings. The number of nitrogens with zero attached hydrogens (tertiary/aromatic N) is 2. The minimum Gasteiger partial charge on any atom is -0.366 e. The number of para-hydroxylation sites is 1. The molecule has 24 heavy (non-hydrogen) atoms. The van der Waals surface area contributed by atoms with Crippen molar-refractivity contribution in [2.75, 3.05) is 10.6 Å². The number of nitrogens with one attached hydrogen (secondary N) is 3. The van der Waals surface area contributed by atoms with Crippen LogP contribution in [0.5, 0.6) is 0 Å². The van der Waals surface area contributed by atoms with Crippen molar-refractivity contribution >= 4 is 28.4 Å². The summed E-state index contributed by atoms with van der Waals surface area (Å²) in [5.41, 5.74) is 1.99. The molecular weight excluding hydrogens is 302 g/mol. The van der Waals surface area contributed by atoms with Crippen LogP contribution in [0.4, 0.5) is 11.6 Å². The van der Waals surface area contributed by atoms with Crippen molar-refractivity contribution in [3.63, 3.8) is 0 Å². The summed E-state index contributed by atoms with van der Waals surface area (Å²) in [6.45, 7) is 4.18. The van der Waals surface area contributed by atoms with E-state index in [-0.39, 0.29) is 5.91 Å². The van der Waals surface area contributed by atoms with Crippen molar-refractivity contribution in [2.24, 2.45) is 0 Å². The third-order valence-electron chi connectivity index (χ3n) is 3.96. The van der Waals surface area contributed by atoms with E-state index in [1.54, 1.807) is 6.07 Å². The first-order chi connectivity index (χ1) is 11.7. The Hall–Kier alpha value is -2.89. The van der Waals surface area contributed by atoms with Crippen LogP contribution in [0.2, 0.25) is 0 Å². The molecule has 0 spiro atoms. The Labute approximate surface area is 140 Å². The molecule has 2 aromatic heterocycles. The summed E-state index contributed by atoms with van der Waals surface area (Å²) < 4.78 is 0. The van der Waals surface area contributed by atoms with Crippen LogP contribution in [0.3, 0.4) is 0 Å². The van der Waals surface area contributed by atoms with Gasteiger partial charge in [0.15, 0.2) is 5.82 Å². The number of H-pyrrole nitrogens is 1. The van der Waals surface area contributed by atoms with Gasteiger partial charge in [-0.15, -0.1) is 10.2 Å². The number of carbonyl (C=O) groups excluding carboxylic acids is 1. The summed E-state index contributed by atoms with van der Waals surface area (Å²) >= 11 is 0. The van der Waals surface area contributed by atoms with E-state index in [1.807, 2.05) is 36.5 Å². The molecule has 0 saturated heterocycles. The van der Waals surface area contributed by atoms with Gasteiger partial charge in [-0.2, -0.15) is 0 Å². The van der Waals surface area contributed by atoms with Crippen LogP contribution in [0.25, 0.3) is 10.9 Å². The molecular formula is C18H21N5O. The molecule has 3 N–H and O–H groups in total. The number of aromatic nitrogens is 3. The first-order valence-corrected chi connectivity index (χ1v) is 8.11. The molecule has 3 rings (SSSR count). The lowest BCUT2D eigenvalue weighted by atomic mass is 10.1. The van der Waals surface area contributed by atoms with Gasteiger partial charge in [-0.05, 0) is 37.1 Å². The minimum absolute atomic E-state index is 0.114. The zero-order chi connectivity index (χ0) is 16.9. The quantitative estimate of drug-likeness (QED) is 0.649. The van der Waals surface area contributed by atoms with Crippen LogP contribution in [0.1, 0.15) is 25.8 Å². The monoisotopic (exact) mass is 323 g/mol. The Bertz CT molecular complexity index is 825. The number of rotatable bonds is 6. The predicted octanol–water partition coefficient (Wildman–Crippen LogP) is 3.35. The molecule has 1 amide bonds. The maximum Gasteiger partial charge on any atom is 0.230 e. The predicted molar refractivity (Wildman–Crippen MR) is 96.0 cm³/mol. The van der Waals surface area contributed by atoms with Gasteiger partial charge in [-0.1, -0.05) is 25.1 Å². The number of amides is 1. The molecule has 2 heterocycles. The second-order valence-corrected chi connectivity index (χ2v) is 5.84. The van der Waals surface area contributed by atoms with E-state index < -0.39 is 0 Å². The molecule has 1 unspecified atom stereocenters. The second-order valence-electron chi connectivity index (χ2n) is 5.84. The third kappa shape index (κ3) is 3.71. The van der Waals surface area contributed by atoms with Crippen LogP contribution in [0.15, 0.2) is 42.6 Å². The number of anilines is 2. The highest BCUT2D eigenvalue weighted by Crippen LogP contribution is 2.18. The normalized spacial score (nSPS) is 12.1. The summed E-state index contributed by atoms with van der Waals surface area (Å²) in [5, 5.41) is 15.2. The van der Waals surface area contributed by atoms with E-state index in [0.29, 0.717) is 24.1 Å². The number of aromatic amines is 1. The fraction of sp³-hybridized carbons (Fsp3) is 0.278. The summed E-state index contributed by atoms with van der Waals surface area (Å²) in [4.78, 5) is 15.4. The molecule has 6 nitrogen and oxygen atoms in total. The molecule has 0 aliphatic heterocycles. The molecule has 0 aliphatic carbocycles. The number of carbonyl (C=O) groups is 1. The Balaban J connectivity index is 1.62. The third-order valence-corrected chi connectivity index (χ3v) is 3.96. The van der Waals surface area contributed by atoms with Crippen molar-refractivity contribution in [3.8, 4) is 0 Å². The number of benzene rings is 1. The van der Waals surface area contributed by atoms with Crippen molar-refractivity contribution < 1.29 is 4.79 Å². The number of hydrogen-bond acceptors (Lipinski definition) is 4. The zero-order valence-electron chi connectivity index (χ0n) is 13.8. The lowest BCUT2D eigenvalue weighted by Crippen LogP contribution is -2.17. The van der Waals surface area contributed by atoms with Gasteiger partial charge >= 0.3 is 0 Å². The molecule has 0 saturated carbocycles. The topological polar surface area (TPSA) is 82.7 Å². The molecule has 1 aromatic carbocycles. The highest BCUT2D eigenvalue weighted by Gasteiger charge is 2.10. The average molecular weight is 323 g/mol. The molecule has 0 bridgehead atoms. The van der Waals surface area contributed by atoms with Crippen molar-refractivity contribution in [1.29, 1.82) is 0 Å². The van der Waals surface area contributed by atoms with Crippen molar-refractivity contribution in [1.82, 2.24) is 15.2 Å². The van der Waals surface area contributed by atoms with Gasteiger partial charge in [0.2, 0.25) is 5.91 Å². The first kappa shape index (κ1) is 16.0. The molecule has 6 heteroatoms. The van der Waals surface area contributed by atoms with Crippen molar-refractivity contribution in [3.05, 3.63) is 48.2 Å². The standard InChI is InChI=1S/C18H21N5O/c1-3-12(2)20-16-8-9-17(23-22-16)21-18(24)10-13-11-19-15-7-5-4-6-14(13)15/h4-9,11-12,19H,3,10H2,1-2H3,(H,20,22)(H,21,23,24). The van der Waals surface area contributed by atoms with E-state index in [1.165, 1.54) is 0 Å². The van der Waals surface area contributed by atoms with Gasteiger partial charge in [-0.25, -0.2) is 0 Å². The Morgan fingerprint density at radius 1 is 1.17 bits per heavy atom. The fourth-order valence-electron chi connectivity index (χ4n) is 2.47. The SMILES string of the molecule is CCC(C)Nc1ccc(NC(=O)Cc2c[nH]c3ccccc23)nn1. The zero-order valence-corrected chi connectivity index (χ0v) is 13.8. The van der Waals surface area contributed by atoms with Gasteiger partial charge < -0.3 is 15.6 Å². The Morgan fingerprint density at radius 3 is 2.67 bits per heavy atom. The molecule has 3 aromatic rings. The molecule has 124 valence electrons. The average Bonchev–Trinajstić information content (AvgIpc) is 2.99. The van der Waals surface area contributed by atoms with E-state index in [0.717, 1.165) is 22.9 Å². The Kier molecular flexibility index (Phi) is 4.74. The van der Waals surface area contributed by atoms with Gasteiger partial charge in [0.05, 0.1) is 6.42 Å². The summed E-state index contributed by atoms with van der Waals surface area (Å²) in [7, 11) is 0. The highest BCUT2D eigenvalue weighted by atomic mass is 16.1. The number of fused-ring (bicyclic) bond motifs is 1. The van der Waals surface area contributed by atoms with Gasteiger partial charge in [0.1, 0.15) is 5.82 Å². The van der Waals surface area contributed by atoms with E-state index >= 15 is 0 Å². The molecule has 1 atom stereocenters. The minimum atomic E-state index is -0.114. The maximum absolute atomic E-state index is 12.2. The second kappa shape index (κ2) is 7.12. The van der Waals surface area contributed by atoms with E-state index in [9.17, 15) is 4.79 Å². The van der Waals surface area contributed by atoms with Gasteiger partial charge in [-0.3, -0.25) is 4.79 Å². The fourth-order valence-corrected chi connectivity index (χ4v) is 2.47. The molecule has 0 radical (unpaired) electrons. The maximum atomic E-state index is 12.2. The van der Waals surface area contributed by atoms with E-state index in [4.69, 9.17) is 0 Å². The lowest BCUT2D eigenvalue weighted by molar-refractivity contribution is -0.115. The van der Waals surface area contributed by atoms with Gasteiger partial charge in [0.25, 0.3) is 0 Å². The van der Waals surface area contributed by atoms with Crippen LogP contribution in [-0.2, 0) is 11.2 Å². The highest BCUT2D eigenvalue weighted by molar-refractivity contribution is 5.95. The lowest BCUT2D eigenvalue weighted by Gasteiger charge is -2.11. The van der Waals surface area contributed by atoms with Crippen LogP contribution >= 0.6 is 0 Å². The van der Waals surface area contributed by atoms with Crippen LogP contribution < -0.4 is 10.6 Å². The number of hydrogen-bond donors (Lipinski definition) is 3. The smallest absolute Gasteiger partial charge is 0.230 e. The van der Waals surface area contributed by atoms with Crippen molar-refractivity contribution in [2.45, 2.75) is 32.7 Å². The largest absolute Gasteiger partial charge is 0.366 e.